The van der Waals surface area contributed by atoms with E-state index in [1.54, 1.807) is 0 Å². The highest BCUT2D eigenvalue weighted by molar-refractivity contribution is 5.93. The van der Waals surface area contributed by atoms with Crippen LogP contribution in [0.2, 0.25) is 0 Å². The highest BCUT2D eigenvalue weighted by Crippen LogP contribution is 2.25. The van der Waals surface area contributed by atoms with Gasteiger partial charge in [-0.3, -0.25) is 0 Å². The minimum Gasteiger partial charge on any atom is -0.489 e. The predicted molar refractivity (Wildman–Crippen MR) is 78.2 cm³/mol. The normalized spacial score (nSPS) is 10.8. The van der Waals surface area contributed by atoms with Crippen molar-refractivity contribution in [2.45, 2.75) is 13.5 Å². The molecule has 96 valence electrons. The number of fused-ring (bicyclic) bond motifs is 1. The number of benzene rings is 2. The Morgan fingerprint density at radius 1 is 1.11 bits per heavy atom. The van der Waals surface area contributed by atoms with Crippen LogP contribution in [0.4, 0.5) is 5.69 Å². The summed E-state index contributed by atoms with van der Waals surface area (Å²) in [5, 5.41) is 1.05. The van der Waals surface area contributed by atoms with Gasteiger partial charge in [-0.05, 0) is 31.2 Å². The van der Waals surface area contributed by atoms with E-state index in [4.69, 9.17) is 10.5 Å². The van der Waals surface area contributed by atoms with E-state index in [0.29, 0.717) is 6.61 Å². The minimum atomic E-state index is 0.511. The zero-order chi connectivity index (χ0) is 13.2. The molecule has 0 amide bonds. The standard InChI is InChI=1S/C16H16N2O/c1-11-5-7-13(8-6-11)19-10-12-9-18-15-4-2-3-14(17)16(12)15/h2-9,18H,10,17H2,1H3. The number of aromatic amines is 1. The van der Waals surface area contributed by atoms with Crippen molar-refractivity contribution in [2.75, 3.05) is 5.73 Å². The molecule has 2 aromatic carbocycles. The number of anilines is 1. The van der Waals surface area contributed by atoms with Crippen molar-refractivity contribution in [3.05, 3.63) is 59.8 Å². The van der Waals surface area contributed by atoms with E-state index in [2.05, 4.69) is 11.9 Å². The first-order valence-corrected chi connectivity index (χ1v) is 6.28. The molecule has 3 N–H and O–H groups in total. The summed E-state index contributed by atoms with van der Waals surface area (Å²) in [6, 6.07) is 13.9. The summed E-state index contributed by atoms with van der Waals surface area (Å²) >= 11 is 0. The summed E-state index contributed by atoms with van der Waals surface area (Å²) in [6.45, 7) is 2.57. The second kappa shape index (κ2) is 4.69. The van der Waals surface area contributed by atoms with E-state index in [1.165, 1.54) is 5.56 Å². The number of ether oxygens (including phenoxy) is 1. The van der Waals surface area contributed by atoms with Crippen molar-refractivity contribution in [3.8, 4) is 5.75 Å². The Kier molecular flexibility index (Phi) is 2.88. The summed E-state index contributed by atoms with van der Waals surface area (Å²) in [6.07, 6.45) is 1.95. The van der Waals surface area contributed by atoms with E-state index >= 15 is 0 Å². The highest BCUT2D eigenvalue weighted by Gasteiger charge is 2.07. The fraction of sp³-hybridized carbons (Fsp3) is 0.125. The first-order valence-electron chi connectivity index (χ1n) is 6.28. The molecule has 1 heterocycles. The average Bonchev–Trinajstić information content (AvgIpc) is 2.83. The van der Waals surface area contributed by atoms with E-state index in [-0.39, 0.29) is 0 Å². The van der Waals surface area contributed by atoms with Gasteiger partial charge in [0.1, 0.15) is 12.4 Å². The molecule has 0 saturated heterocycles. The van der Waals surface area contributed by atoms with Gasteiger partial charge in [-0.25, -0.2) is 0 Å². The Labute approximate surface area is 112 Å². The number of nitrogen functional groups attached to an aromatic ring is 1. The van der Waals surface area contributed by atoms with Crippen molar-refractivity contribution < 1.29 is 4.74 Å². The second-order valence-corrected chi connectivity index (χ2v) is 4.69. The third-order valence-electron chi connectivity index (χ3n) is 3.24. The first kappa shape index (κ1) is 11.7. The third-order valence-corrected chi connectivity index (χ3v) is 3.24. The molecular weight excluding hydrogens is 236 g/mol. The van der Waals surface area contributed by atoms with E-state index in [1.807, 2.05) is 48.7 Å². The predicted octanol–water partition coefficient (Wildman–Crippen LogP) is 3.64. The van der Waals surface area contributed by atoms with Gasteiger partial charge >= 0.3 is 0 Å². The fourth-order valence-corrected chi connectivity index (χ4v) is 2.20. The fourth-order valence-electron chi connectivity index (χ4n) is 2.20. The molecule has 0 atom stereocenters. The molecular formula is C16H16N2O. The molecule has 0 spiro atoms. The van der Waals surface area contributed by atoms with Gasteiger partial charge in [-0.2, -0.15) is 0 Å². The maximum Gasteiger partial charge on any atom is 0.119 e. The second-order valence-electron chi connectivity index (χ2n) is 4.69. The van der Waals surface area contributed by atoms with Gasteiger partial charge in [0.15, 0.2) is 0 Å². The summed E-state index contributed by atoms with van der Waals surface area (Å²) in [5.74, 6) is 0.870. The number of rotatable bonds is 3. The monoisotopic (exact) mass is 252 g/mol. The molecule has 0 aliphatic rings. The first-order chi connectivity index (χ1) is 9.24. The zero-order valence-electron chi connectivity index (χ0n) is 10.8. The Morgan fingerprint density at radius 3 is 2.68 bits per heavy atom. The third kappa shape index (κ3) is 2.27. The van der Waals surface area contributed by atoms with E-state index in [9.17, 15) is 0 Å². The van der Waals surface area contributed by atoms with Gasteiger partial charge in [0, 0.05) is 28.4 Å². The number of nitrogens with two attached hydrogens (primary N) is 1. The lowest BCUT2D eigenvalue weighted by atomic mass is 10.1. The number of hydrogen-bond acceptors (Lipinski definition) is 2. The van der Waals surface area contributed by atoms with Crippen LogP contribution in [0, 0.1) is 6.92 Å². The largest absolute Gasteiger partial charge is 0.489 e. The van der Waals surface area contributed by atoms with Gasteiger partial charge in [-0.15, -0.1) is 0 Å². The molecule has 0 aliphatic carbocycles. The number of nitrogens with one attached hydrogen (secondary N) is 1. The maximum absolute atomic E-state index is 6.01. The Bertz CT molecular complexity index is 698. The molecule has 0 aliphatic heterocycles. The number of aromatic nitrogens is 1. The van der Waals surface area contributed by atoms with Gasteiger partial charge in [0.25, 0.3) is 0 Å². The molecule has 0 radical (unpaired) electrons. The zero-order valence-corrected chi connectivity index (χ0v) is 10.8. The SMILES string of the molecule is Cc1ccc(OCc2c[nH]c3cccc(N)c23)cc1. The molecule has 0 bridgehead atoms. The van der Waals surface area contributed by atoms with Gasteiger partial charge in [-0.1, -0.05) is 23.8 Å². The average molecular weight is 252 g/mol. The van der Waals surface area contributed by atoms with Crippen LogP contribution in [-0.4, -0.2) is 4.98 Å². The number of aryl methyl sites for hydroxylation is 1. The lowest BCUT2D eigenvalue weighted by Crippen LogP contribution is -1.96. The van der Waals surface area contributed by atoms with Gasteiger partial charge < -0.3 is 15.5 Å². The molecule has 0 fully saturated rings. The molecule has 3 aromatic rings. The van der Waals surface area contributed by atoms with Crippen LogP contribution in [0.3, 0.4) is 0 Å². The van der Waals surface area contributed by atoms with Gasteiger partial charge in [0.2, 0.25) is 0 Å². The molecule has 0 saturated carbocycles. The molecule has 3 nitrogen and oxygen atoms in total. The topological polar surface area (TPSA) is 51.0 Å². The Morgan fingerprint density at radius 2 is 1.89 bits per heavy atom. The summed E-state index contributed by atoms with van der Waals surface area (Å²) in [5.41, 5.74) is 10.1. The summed E-state index contributed by atoms with van der Waals surface area (Å²) in [7, 11) is 0. The Balaban J connectivity index is 1.84. The lowest BCUT2D eigenvalue weighted by molar-refractivity contribution is 0.307. The smallest absolute Gasteiger partial charge is 0.119 e. The number of hydrogen-bond donors (Lipinski definition) is 2. The van der Waals surface area contributed by atoms with Crippen LogP contribution in [0.15, 0.2) is 48.7 Å². The molecule has 19 heavy (non-hydrogen) atoms. The van der Waals surface area contributed by atoms with Crippen molar-refractivity contribution in [1.29, 1.82) is 0 Å². The lowest BCUT2D eigenvalue weighted by Gasteiger charge is -2.06. The van der Waals surface area contributed by atoms with Crippen LogP contribution in [0.1, 0.15) is 11.1 Å². The minimum absolute atomic E-state index is 0.511. The molecule has 3 rings (SSSR count). The Hall–Kier alpha value is -2.42. The van der Waals surface area contributed by atoms with Crippen molar-refractivity contribution >= 4 is 16.6 Å². The van der Waals surface area contributed by atoms with Crippen LogP contribution in [0.5, 0.6) is 5.75 Å². The van der Waals surface area contributed by atoms with E-state index in [0.717, 1.165) is 27.9 Å². The summed E-state index contributed by atoms with van der Waals surface area (Å²) in [4.78, 5) is 3.21. The molecule has 0 unspecified atom stereocenters. The quantitative estimate of drug-likeness (QED) is 0.699. The van der Waals surface area contributed by atoms with Crippen molar-refractivity contribution in [2.24, 2.45) is 0 Å². The van der Waals surface area contributed by atoms with Crippen molar-refractivity contribution in [1.82, 2.24) is 4.98 Å². The van der Waals surface area contributed by atoms with Crippen LogP contribution >= 0.6 is 0 Å². The van der Waals surface area contributed by atoms with E-state index < -0.39 is 0 Å². The summed E-state index contributed by atoms with van der Waals surface area (Å²) < 4.78 is 5.79. The maximum atomic E-state index is 6.01. The highest BCUT2D eigenvalue weighted by atomic mass is 16.5. The van der Waals surface area contributed by atoms with Gasteiger partial charge in [0.05, 0.1) is 0 Å². The van der Waals surface area contributed by atoms with Crippen LogP contribution in [0.25, 0.3) is 10.9 Å². The molecule has 1 aromatic heterocycles. The number of H-pyrrole nitrogens is 1. The molecule has 3 heteroatoms. The van der Waals surface area contributed by atoms with Crippen LogP contribution in [-0.2, 0) is 6.61 Å². The van der Waals surface area contributed by atoms with Crippen LogP contribution < -0.4 is 10.5 Å². The van der Waals surface area contributed by atoms with Crippen molar-refractivity contribution in [3.63, 3.8) is 0 Å².